The summed E-state index contributed by atoms with van der Waals surface area (Å²) in [5, 5.41) is 0.483. The van der Waals surface area contributed by atoms with Gasteiger partial charge in [-0.25, -0.2) is 13.1 Å². The molecule has 0 spiro atoms. The molecule has 35 heavy (non-hydrogen) atoms. The number of benzene rings is 3. The van der Waals surface area contributed by atoms with Gasteiger partial charge in [-0.3, -0.25) is 4.90 Å². The highest BCUT2D eigenvalue weighted by Gasteiger charge is 2.30. The van der Waals surface area contributed by atoms with E-state index in [0.717, 1.165) is 35.4 Å². The zero-order chi connectivity index (χ0) is 25.0. The van der Waals surface area contributed by atoms with Crippen LogP contribution in [-0.2, 0) is 23.0 Å². The van der Waals surface area contributed by atoms with Crippen molar-refractivity contribution < 1.29 is 22.6 Å². The first-order valence-electron chi connectivity index (χ1n) is 11.2. The summed E-state index contributed by atoms with van der Waals surface area (Å²) >= 11 is 5.93. The predicted molar refractivity (Wildman–Crippen MR) is 136 cm³/mol. The Hall–Kier alpha value is -2.78. The van der Waals surface area contributed by atoms with Crippen LogP contribution in [0.2, 0.25) is 5.02 Å². The molecule has 1 atom stereocenters. The van der Waals surface area contributed by atoms with E-state index in [1.54, 1.807) is 33.5 Å². The zero-order valence-electron chi connectivity index (χ0n) is 20.0. The Kier molecular flexibility index (Phi) is 7.86. The third kappa shape index (κ3) is 5.73. The van der Waals surface area contributed by atoms with Gasteiger partial charge < -0.3 is 14.2 Å². The third-order valence-electron chi connectivity index (χ3n) is 6.25. The van der Waals surface area contributed by atoms with E-state index in [0.29, 0.717) is 23.1 Å². The van der Waals surface area contributed by atoms with E-state index < -0.39 is 10.0 Å². The van der Waals surface area contributed by atoms with Crippen LogP contribution in [-0.4, -0.2) is 47.7 Å². The lowest BCUT2D eigenvalue weighted by Gasteiger charge is -2.38. The summed E-state index contributed by atoms with van der Waals surface area (Å²) in [4.78, 5) is 2.45. The summed E-state index contributed by atoms with van der Waals surface area (Å²) in [5.41, 5.74) is 3.24. The highest BCUT2D eigenvalue weighted by atomic mass is 35.5. The van der Waals surface area contributed by atoms with Crippen LogP contribution in [0.1, 0.15) is 22.7 Å². The second-order valence-electron chi connectivity index (χ2n) is 8.30. The van der Waals surface area contributed by atoms with Gasteiger partial charge in [0, 0.05) is 30.7 Å². The number of fused-ring (bicyclic) bond motifs is 1. The van der Waals surface area contributed by atoms with Gasteiger partial charge in [0.15, 0.2) is 11.5 Å². The van der Waals surface area contributed by atoms with E-state index in [2.05, 4.69) is 9.62 Å². The molecule has 4 rings (SSSR count). The quantitative estimate of drug-likeness (QED) is 0.453. The molecular weight excluding hydrogens is 488 g/mol. The van der Waals surface area contributed by atoms with E-state index >= 15 is 0 Å². The van der Waals surface area contributed by atoms with Crippen molar-refractivity contribution in [2.24, 2.45) is 0 Å². The monoisotopic (exact) mass is 516 g/mol. The molecule has 1 heterocycles. The van der Waals surface area contributed by atoms with E-state index in [9.17, 15) is 8.42 Å². The second kappa shape index (κ2) is 10.9. The molecule has 7 nitrogen and oxygen atoms in total. The highest BCUT2D eigenvalue weighted by molar-refractivity contribution is 7.89. The molecule has 0 fully saturated rings. The van der Waals surface area contributed by atoms with Gasteiger partial charge in [0.2, 0.25) is 10.0 Å². The van der Waals surface area contributed by atoms with E-state index in [1.165, 1.54) is 12.1 Å². The maximum absolute atomic E-state index is 13.0. The van der Waals surface area contributed by atoms with Crippen molar-refractivity contribution in [3.05, 3.63) is 82.4 Å². The van der Waals surface area contributed by atoms with Gasteiger partial charge in [0.25, 0.3) is 0 Å². The van der Waals surface area contributed by atoms with Crippen LogP contribution in [0.3, 0.4) is 0 Å². The minimum Gasteiger partial charge on any atom is -0.497 e. The molecule has 0 aromatic heterocycles. The summed E-state index contributed by atoms with van der Waals surface area (Å²) in [6, 6.07) is 17.8. The standard InChI is InChI=1S/C26H29ClN2O5S/c1-32-21-8-4-18(5-9-21)17-29-13-12-19-14-25(33-2)26(34-3)15-23(19)24(29)16-28-35(30,31)22-10-6-20(27)7-11-22/h4-11,14-15,24,28H,12-13,16-17H2,1-3H3/t24-/m0/s1. The first kappa shape index (κ1) is 25.3. The van der Waals surface area contributed by atoms with Gasteiger partial charge in [-0.2, -0.15) is 0 Å². The van der Waals surface area contributed by atoms with Crippen molar-refractivity contribution in [3.63, 3.8) is 0 Å². The van der Waals surface area contributed by atoms with Crippen molar-refractivity contribution in [1.82, 2.24) is 9.62 Å². The van der Waals surface area contributed by atoms with Crippen molar-refractivity contribution in [1.29, 1.82) is 0 Å². The Bertz CT molecular complexity index is 1260. The second-order valence-corrected chi connectivity index (χ2v) is 10.5. The first-order chi connectivity index (χ1) is 16.8. The lowest BCUT2D eigenvalue weighted by Crippen LogP contribution is -2.41. The van der Waals surface area contributed by atoms with Crippen LogP contribution < -0.4 is 18.9 Å². The van der Waals surface area contributed by atoms with Crippen molar-refractivity contribution in [2.45, 2.75) is 23.9 Å². The number of rotatable bonds is 9. The number of nitrogens with one attached hydrogen (secondary N) is 1. The Morgan fingerprint density at radius 2 is 1.60 bits per heavy atom. The molecular formula is C26H29ClN2O5S. The Labute approximate surface area is 211 Å². The van der Waals surface area contributed by atoms with E-state index in [1.807, 2.05) is 36.4 Å². The average Bonchev–Trinajstić information content (AvgIpc) is 2.87. The summed E-state index contributed by atoms with van der Waals surface area (Å²) < 4.78 is 45.2. The van der Waals surface area contributed by atoms with E-state index in [-0.39, 0.29) is 17.5 Å². The molecule has 1 N–H and O–H groups in total. The number of ether oxygens (including phenoxy) is 3. The van der Waals surface area contributed by atoms with Gasteiger partial charge in [-0.1, -0.05) is 23.7 Å². The highest BCUT2D eigenvalue weighted by Crippen LogP contribution is 2.38. The van der Waals surface area contributed by atoms with Crippen LogP contribution in [0.25, 0.3) is 0 Å². The average molecular weight is 517 g/mol. The third-order valence-corrected chi connectivity index (χ3v) is 7.94. The molecule has 9 heteroatoms. The number of hydrogen-bond donors (Lipinski definition) is 1. The lowest BCUT2D eigenvalue weighted by molar-refractivity contribution is 0.176. The fourth-order valence-corrected chi connectivity index (χ4v) is 5.52. The fraction of sp³-hybridized carbons (Fsp3) is 0.308. The number of hydrogen-bond acceptors (Lipinski definition) is 6. The molecule has 0 amide bonds. The molecule has 0 unspecified atom stereocenters. The Morgan fingerprint density at radius 1 is 0.943 bits per heavy atom. The molecule has 0 aliphatic carbocycles. The molecule has 3 aromatic carbocycles. The first-order valence-corrected chi connectivity index (χ1v) is 13.1. The molecule has 186 valence electrons. The normalized spacial score (nSPS) is 15.9. The number of halogens is 1. The SMILES string of the molecule is COc1ccc(CN2CCc3cc(OC)c(OC)cc3[C@@H]2CNS(=O)(=O)c2ccc(Cl)cc2)cc1. The van der Waals surface area contributed by atoms with Crippen LogP contribution in [0.4, 0.5) is 0 Å². The van der Waals surface area contributed by atoms with Crippen molar-refractivity contribution in [2.75, 3.05) is 34.4 Å². The Morgan fingerprint density at radius 3 is 2.23 bits per heavy atom. The Balaban J connectivity index is 1.65. The number of nitrogens with zero attached hydrogens (tertiary/aromatic N) is 1. The van der Waals surface area contributed by atoms with Crippen LogP contribution in [0.15, 0.2) is 65.6 Å². The smallest absolute Gasteiger partial charge is 0.240 e. The van der Waals surface area contributed by atoms with Gasteiger partial charge in [0.05, 0.1) is 26.2 Å². The summed E-state index contributed by atoms with van der Waals surface area (Å²) in [7, 11) is 1.13. The van der Waals surface area contributed by atoms with E-state index in [4.69, 9.17) is 25.8 Å². The minimum absolute atomic E-state index is 0.173. The van der Waals surface area contributed by atoms with Gasteiger partial charge in [0.1, 0.15) is 5.75 Å². The molecule has 1 aliphatic rings. The molecule has 0 radical (unpaired) electrons. The van der Waals surface area contributed by atoms with Gasteiger partial charge in [-0.15, -0.1) is 0 Å². The molecule has 0 saturated carbocycles. The fourth-order valence-electron chi connectivity index (χ4n) is 4.36. The summed E-state index contributed by atoms with van der Waals surface area (Å²) in [6.45, 7) is 1.62. The largest absolute Gasteiger partial charge is 0.497 e. The van der Waals surface area contributed by atoms with Crippen LogP contribution >= 0.6 is 11.6 Å². The van der Waals surface area contributed by atoms with Crippen LogP contribution in [0.5, 0.6) is 17.2 Å². The maximum Gasteiger partial charge on any atom is 0.240 e. The summed E-state index contributed by atoms with van der Waals surface area (Å²) in [6.07, 6.45) is 0.812. The predicted octanol–water partition coefficient (Wildman–Crippen LogP) is 4.44. The molecule has 1 aliphatic heterocycles. The molecule has 3 aromatic rings. The lowest BCUT2D eigenvalue weighted by atomic mass is 9.91. The maximum atomic E-state index is 13.0. The zero-order valence-corrected chi connectivity index (χ0v) is 21.5. The van der Waals surface area contributed by atoms with Gasteiger partial charge >= 0.3 is 0 Å². The van der Waals surface area contributed by atoms with Gasteiger partial charge in [-0.05, 0) is 71.6 Å². The van der Waals surface area contributed by atoms with Crippen molar-refractivity contribution in [3.8, 4) is 17.2 Å². The number of sulfonamides is 1. The topological polar surface area (TPSA) is 77.1 Å². The minimum atomic E-state index is -3.72. The summed E-state index contributed by atoms with van der Waals surface area (Å²) in [5.74, 6) is 2.07. The molecule has 0 saturated heterocycles. The molecule has 0 bridgehead atoms. The van der Waals surface area contributed by atoms with Crippen LogP contribution in [0, 0.1) is 0 Å². The van der Waals surface area contributed by atoms with Crippen molar-refractivity contribution >= 4 is 21.6 Å². The number of methoxy groups -OCH3 is 3.